The summed E-state index contributed by atoms with van der Waals surface area (Å²) >= 11 is 0. The fourth-order valence-corrected chi connectivity index (χ4v) is 7.44. The van der Waals surface area contributed by atoms with Crippen LogP contribution in [0.15, 0.2) is 42.9 Å². The lowest BCUT2D eigenvalue weighted by Gasteiger charge is -2.30. The van der Waals surface area contributed by atoms with E-state index in [1.165, 1.54) is 24.1 Å². The fourth-order valence-electron chi connectivity index (χ4n) is 7.44. The standard InChI is InChI=1S/C38H47F3N10O4/c1-20(2)28(42-5)35(52)50-15-7-9-26(50)33-45-19-25(46-33)24-17-43-32(44-18-24)23-13-11-22(12-14-23)30-31(38(39,40)41)49-34(47-30)27-10-8-16-51(27)36(53)29(21(3)4)48-37(54)55-6/h11-14,17-21,26-29,42H,7-10,15-16H2,1-6H3,(H,45,46)(H,47,49)(H,48,54)/t26-,27-,28?,29?/m0/s1. The second-order valence-corrected chi connectivity index (χ2v) is 14.6. The van der Waals surface area contributed by atoms with Crippen LogP contribution in [-0.4, -0.2) is 96.9 Å². The third-order valence-electron chi connectivity index (χ3n) is 10.3. The second kappa shape index (κ2) is 16.2. The molecule has 0 saturated carbocycles. The zero-order chi connectivity index (χ0) is 39.6. The highest BCUT2D eigenvalue weighted by atomic mass is 19.4. The van der Waals surface area contributed by atoms with Crippen molar-refractivity contribution in [1.82, 2.24) is 50.3 Å². The van der Waals surface area contributed by atoms with Crippen molar-refractivity contribution in [2.24, 2.45) is 11.8 Å². The number of carbonyl (C=O) groups is 3. The lowest BCUT2D eigenvalue weighted by Crippen LogP contribution is -2.51. The average molecular weight is 765 g/mol. The average Bonchev–Trinajstić information content (AvgIpc) is 3.99. The summed E-state index contributed by atoms with van der Waals surface area (Å²) in [6.45, 7) is 8.52. The van der Waals surface area contributed by atoms with Crippen LogP contribution in [0, 0.1) is 11.8 Å². The van der Waals surface area contributed by atoms with Crippen molar-refractivity contribution in [3.63, 3.8) is 0 Å². The van der Waals surface area contributed by atoms with E-state index >= 15 is 0 Å². The van der Waals surface area contributed by atoms with Gasteiger partial charge in [0.15, 0.2) is 5.82 Å². The zero-order valence-electron chi connectivity index (χ0n) is 31.7. The molecule has 2 saturated heterocycles. The highest BCUT2D eigenvalue weighted by molar-refractivity contribution is 5.86. The van der Waals surface area contributed by atoms with Gasteiger partial charge >= 0.3 is 12.3 Å². The van der Waals surface area contributed by atoms with Crippen LogP contribution in [0.3, 0.4) is 0 Å². The van der Waals surface area contributed by atoms with E-state index < -0.39 is 36.0 Å². The van der Waals surface area contributed by atoms with Crippen molar-refractivity contribution in [3.8, 4) is 33.9 Å². The Balaban J connectivity index is 1.19. The quantitative estimate of drug-likeness (QED) is 0.145. The summed E-state index contributed by atoms with van der Waals surface area (Å²) in [6, 6.07) is 4.21. The molecule has 14 nitrogen and oxygen atoms in total. The Morgan fingerprint density at radius 1 is 0.800 bits per heavy atom. The number of hydrogen-bond donors (Lipinski definition) is 4. The SMILES string of the molecule is CNC(C(=O)N1CCC[C@H]1c1ncc(-c2cnc(-c3ccc(-c4nc([C@@H]5CCCN5C(=O)C(NC(=O)OC)C(C)C)[nH]c4C(F)(F)F)cc3)nc2)[nH]1)C(C)C. The van der Waals surface area contributed by atoms with Crippen LogP contribution in [-0.2, 0) is 20.5 Å². The first kappa shape index (κ1) is 39.4. The van der Waals surface area contributed by atoms with Crippen molar-refractivity contribution in [3.05, 3.63) is 60.2 Å². The van der Waals surface area contributed by atoms with E-state index in [4.69, 9.17) is 0 Å². The van der Waals surface area contributed by atoms with Gasteiger partial charge in [0, 0.05) is 42.2 Å². The van der Waals surface area contributed by atoms with E-state index in [0.717, 1.165) is 12.8 Å². The number of carbonyl (C=O) groups excluding carboxylic acids is 3. The first-order chi connectivity index (χ1) is 26.2. The van der Waals surface area contributed by atoms with Crippen molar-refractivity contribution >= 4 is 17.9 Å². The molecule has 1 aromatic carbocycles. The predicted octanol–water partition coefficient (Wildman–Crippen LogP) is 5.89. The number of nitrogens with one attached hydrogen (secondary N) is 4. The maximum atomic E-state index is 14.4. The van der Waals surface area contributed by atoms with Crippen LogP contribution < -0.4 is 10.6 Å². The summed E-state index contributed by atoms with van der Waals surface area (Å²) in [5.41, 5.74) is 0.873. The van der Waals surface area contributed by atoms with E-state index in [-0.39, 0.29) is 46.9 Å². The highest BCUT2D eigenvalue weighted by Crippen LogP contribution is 2.40. The number of rotatable bonds is 11. The summed E-state index contributed by atoms with van der Waals surface area (Å²) in [5.74, 6) is 0.559. The van der Waals surface area contributed by atoms with Gasteiger partial charge in [-0.2, -0.15) is 13.2 Å². The Hall–Kier alpha value is -5.32. The van der Waals surface area contributed by atoms with E-state index in [1.807, 2.05) is 18.7 Å². The number of H-pyrrole nitrogens is 2. The normalized spacial score (nSPS) is 18.6. The topological polar surface area (TPSA) is 174 Å². The molecule has 4 N–H and O–H groups in total. The molecule has 2 aliphatic heterocycles. The smallest absolute Gasteiger partial charge is 0.433 e. The first-order valence-electron chi connectivity index (χ1n) is 18.5. The third-order valence-corrected chi connectivity index (χ3v) is 10.3. The summed E-state index contributed by atoms with van der Waals surface area (Å²) in [4.78, 5) is 66.0. The van der Waals surface area contributed by atoms with Gasteiger partial charge in [0.05, 0.1) is 37.1 Å². The molecular formula is C38H47F3N10O4. The van der Waals surface area contributed by atoms with Gasteiger partial charge in [-0.25, -0.2) is 24.7 Å². The maximum Gasteiger partial charge on any atom is 0.433 e. The van der Waals surface area contributed by atoms with Gasteiger partial charge in [-0.1, -0.05) is 52.0 Å². The summed E-state index contributed by atoms with van der Waals surface area (Å²) in [6.07, 6.45) is 2.10. The first-order valence-corrected chi connectivity index (χ1v) is 18.5. The van der Waals surface area contributed by atoms with Crippen LogP contribution in [0.2, 0.25) is 0 Å². The minimum atomic E-state index is -4.75. The number of aromatic amines is 2. The second-order valence-electron chi connectivity index (χ2n) is 14.6. The van der Waals surface area contributed by atoms with Gasteiger partial charge in [0.1, 0.15) is 29.1 Å². The number of nitrogens with zero attached hydrogens (tertiary/aromatic N) is 6. The minimum Gasteiger partial charge on any atom is -0.453 e. The third kappa shape index (κ3) is 8.21. The Labute approximate surface area is 317 Å². The molecule has 5 heterocycles. The van der Waals surface area contributed by atoms with Crippen LogP contribution >= 0.6 is 0 Å². The largest absolute Gasteiger partial charge is 0.453 e. The molecule has 55 heavy (non-hydrogen) atoms. The number of methoxy groups -OCH3 is 1. The van der Waals surface area contributed by atoms with Crippen molar-refractivity contribution < 1.29 is 32.3 Å². The molecule has 3 aromatic heterocycles. The molecule has 0 radical (unpaired) electrons. The molecule has 6 rings (SSSR count). The molecule has 2 unspecified atom stereocenters. The van der Waals surface area contributed by atoms with Gasteiger partial charge in [-0.05, 0) is 44.6 Å². The molecule has 2 aliphatic rings. The number of alkyl carbamates (subject to hydrolysis) is 1. The number of ether oxygens (including phenoxy) is 1. The Bertz CT molecular complexity index is 1980. The summed E-state index contributed by atoms with van der Waals surface area (Å²) < 4.78 is 47.8. The van der Waals surface area contributed by atoms with E-state index in [9.17, 15) is 27.6 Å². The van der Waals surface area contributed by atoms with E-state index in [2.05, 4.69) is 45.3 Å². The summed E-state index contributed by atoms with van der Waals surface area (Å²) in [7, 11) is 2.99. The molecule has 17 heteroatoms. The van der Waals surface area contributed by atoms with Gasteiger partial charge in [-0.3, -0.25) is 9.59 Å². The van der Waals surface area contributed by atoms with Crippen molar-refractivity contribution in [1.29, 1.82) is 0 Å². The van der Waals surface area contributed by atoms with Crippen LogP contribution in [0.1, 0.15) is 82.8 Å². The predicted molar refractivity (Wildman–Crippen MR) is 197 cm³/mol. The molecule has 3 amide bonds. The number of halogens is 3. The van der Waals surface area contributed by atoms with Gasteiger partial charge in [-0.15, -0.1) is 0 Å². The number of imidazole rings is 2. The highest BCUT2D eigenvalue weighted by Gasteiger charge is 2.42. The molecule has 0 bridgehead atoms. The number of hydrogen-bond acceptors (Lipinski definition) is 9. The van der Waals surface area contributed by atoms with Crippen molar-refractivity contribution in [2.45, 2.75) is 83.7 Å². The number of likely N-dealkylation sites (N-methyl/N-ethyl adjacent to an activating group) is 1. The van der Waals surface area contributed by atoms with Gasteiger partial charge in [0.25, 0.3) is 0 Å². The van der Waals surface area contributed by atoms with Crippen LogP contribution in [0.25, 0.3) is 33.9 Å². The molecular weight excluding hydrogens is 717 g/mol. The van der Waals surface area contributed by atoms with Gasteiger partial charge < -0.3 is 35.1 Å². The molecule has 4 atom stereocenters. The number of aromatic nitrogens is 6. The van der Waals surface area contributed by atoms with E-state index in [1.54, 1.807) is 51.6 Å². The Kier molecular flexibility index (Phi) is 11.6. The number of likely N-dealkylation sites (tertiary alicyclic amines) is 2. The van der Waals surface area contributed by atoms with Gasteiger partial charge in [0.2, 0.25) is 11.8 Å². The fraction of sp³-hybridized carbons (Fsp3) is 0.500. The lowest BCUT2D eigenvalue weighted by atomic mass is 10.0. The Morgan fingerprint density at radius 2 is 1.36 bits per heavy atom. The van der Waals surface area contributed by atoms with Crippen LogP contribution in [0.4, 0.5) is 18.0 Å². The zero-order valence-corrected chi connectivity index (χ0v) is 31.7. The van der Waals surface area contributed by atoms with Crippen LogP contribution in [0.5, 0.6) is 0 Å². The minimum absolute atomic E-state index is 0.0173. The molecule has 4 aromatic rings. The molecule has 294 valence electrons. The number of benzene rings is 1. The lowest BCUT2D eigenvalue weighted by molar-refractivity contribution is -0.140. The number of alkyl halides is 3. The van der Waals surface area contributed by atoms with Crippen molar-refractivity contribution in [2.75, 3.05) is 27.2 Å². The molecule has 0 spiro atoms. The monoisotopic (exact) mass is 764 g/mol. The Morgan fingerprint density at radius 3 is 1.91 bits per heavy atom. The van der Waals surface area contributed by atoms with E-state index in [0.29, 0.717) is 54.4 Å². The molecule has 2 fully saturated rings. The summed E-state index contributed by atoms with van der Waals surface area (Å²) in [5, 5.41) is 5.68. The maximum absolute atomic E-state index is 14.4. The molecule has 0 aliphatic carbocycles. The number of amides is 3.